The van der Waals surface area contributed by atoms with E-state index < -0.39 is 37.5 Å². The molecule has 0 spiro atoms. The lowest BCUT2D eigenvalue weighted by Crippen LogP contribution is -2.34. The molecule has 10 heteroatoms. The molecule has 1 N–H and O–H groups in total. The van der Waals surface area contributed by atoms with Crippen LogP contribution in [0.2, 0.25) is 0 Å². The number of nitrogens with zero attached hydrogens (tertiary/aromatic N) is 1. The first-order valence-corrected chi connectivity index (χ1v) is 9.98. The summed E-state index contributed by atoms with van der Waals surface area (Å²) < 4.78 is 36.1. The minimum Gasteiger partial charge on any atom is -0.349 e. The van der Waals surface area contributed by atoms with Gasteiger partial charge in [-0.05, 0) is 12.5 Å². The number of nitrogens with one attached hydrogen (secondary N) is 1. The molecule has 0 amide bonds. The lowest BCUT2D eigenvalue weighted by atomic mass is 10.2. The number of benzene rings is 1. The number of fused-ring (bicyclic) bond motifs is 1. The number of hydrogen-bond donors (Lipinski definition) is 1. The number of phosphoric acid groups is 1. The quantitative estimate of drug-likeness (QED) is 0.789. The van der Waals surface area contributed by atoms with E-state index in [0.717, 1.165) is 5.56 Å². The Morgan fingerprint density at radius 1 is 1.26 bits per heavy atom. The summed E-state index contributed by atoms with van der Waals surface area (Å²) in [5.41, 5.74) is 0.226. The monoisotopic (exact) mass is 394 g/mol. The Morgan fingerprint density at radius 3 is 2.81 bits per heavy atom. The fourth-order valence-electron chi connectivity index (χ4n) is 3.09. The maximum Gasteiger partial charge on any atom is 0.475 e. The van der Waals surface area contributed by atoms with Crippen molar-refractivity contribution in [3.8, 4) is 0 Å². The van der Waals surface area contributed by atoms with Crippen molar-refractivity contribution in [2.24, 2.45) is 0 Å². The van der Waals surface area contributed by atoms with Crippen molar-refractivity contribution < 1.29 is 22.9 Å². The van der Waals surface area contributed by atoms with Gasteiger partial charge in [-0.1, -0.05) is 30.3 Å². The largest absolute Gasteiger partial charge is 0.475 e. The molecule has 2 aromatic rings. The second kappa shape index (κ2) is 7.18. The molecule has 0 saturated carbocycles. The van der Waals surface area contributed by atoms with Crippen molar-refractivity contribution in [2.45, 2.75) is 38.4 Å². The van der Waals surface area contributed by atoms with E-state index in [1.165, 1.54) is 10.8 Å². The fraction of sp³-hybridized carbons (Fsp3) is 0.412. The van der Waals surface area contributed by atoms with Crippen LogP contribution in [0.4, 0.5) is 0 Å². The first-order valence-electron chi connectivity index (χ1n) is 8.52. The summed E-state index contributed by atoms with van der Waals surface area (Å²) in [5.74, 6) is 0. The standard InChI is InChI=1S/C17H19N2O7P/c1-11-8-19(17(21)18-16(11)20)15-7-13-14(25-15)10-24-27(22,26-13)23-9-12-5-3-2-4-6-12/h2-6,8,13-15H,7,9-10H2,1H3,(H,18,20,21)/t13-,14-,15-,27-/m0/s1. The summed E-state index contributed by atoms with van der Waals surface area (Å²) in [5, 5.41) is 0. The maximum atomic E-state index is 12.7. The van der Waals surface area contributed by atoms with Crippen LogP contribution in [0.15, 0.2) is 46.1 Å². The third-order valence-corrected chi connectivity index (χ3v) is 5.97. The maximum absolute atomic E-state index is 12.7. The number of aromatic nitrogens is 2. The first-order chi connectivity index (χ1) is 12.9. The highest BCUT2D eigenvalue weighted by atomic mass is 31.2. The molecule has 1 aromatic carbocycles. The Hall–Kier alpha value is -2.03. The summed E-state index contributed by atoms with van der Waals surface area (Å²) in [7, 11) is -3.72. The number of ether oxygens (including phenoxy) is 1. The Labute approximate surface area is 154 Å². The van der Waals surface area contributed by atoms with E-state index in [1.54, 1.807) is 6.92 Å². The number of aryl methyl sites for hydroxylation is 1. The molecule has 144 valence electrons. The number of aromatic amines is 1. The topological polar surface area (TPSA) is 109 Å². The van der Waals surface area contributed by atoms with Crippen LogP contribution in [0.1, 0.15) is 23.8 Å². The second-order valence-electron chi connectivity index (χ2n) is 6.49. The smallest absolute Gasteiger partial charge is 0.349 e. The van der Waals surface area contributed by atoms with Crippen LogP contribution in [-0.2, 0) is 29.5 Å². The molecule has 0 aliphatic carbocycles. The van der Waals surface area contributed by atoms with Crippen LogP contribution in [-0.4, -0.2) is 28.4 Å². The van der Waals surface area contributed by atoms with Crippen LogP contribution in [0.5, 0.6) is 0 Å². The number of H-pyrrole nitrogens is 1. The van der Waals surface area contributed by atoms with E-state index >= 15 is 0 Å². The van der Waals surface area contributed by atoms with Gasteiger partial charge in [0.1, 0.15) is 18.4 Å². The molecule has 2 aliphatic rings. The van der Waals surface area contributed by atoms with Gasteiger partial charge in [-0.15, -0.1) is 0 Å². The van der Waals surface area contributed by atoms with Gasteiger partial charge in [0.05, 0.1) is 13.2 Å². The number of rotatable bonds is 4. The third kappa shape index (κ3) is 3.83. The lowest BCUT2D eigenvalue weighted by Gasteiger charge is -2.29. The van der Waals surface area contributed by atoms with E-state index in [1.807, 2.05) is 30.3 Å². The van der Waals surface area contributed by atoms with Crippen LogP contribution in [0, 0.1) is 6.92 Å². The molecule has 27 heavy (non-hydrogen) atoms. The highest BCUT2D eigenvalue weighted by Crippen LogP contribution is 2.57. The predicted molar refractivity (Wildman–Crippen MR) is 94.2 cm³/mol. The molecule has 1 aromatic heterocycles. The normalized spacial score (nSPS) is 30.2. The summed E-state index contributed by atoms with van der Waals surface area (Å²) >= 11 is 0. The van der Waals surface area contributed by atoms with Crippen molar-refractivity contribution in [3.05, 3.63) is 68.5 Å². The molecule has 0 radical (unpaired) electrons. The van der Waals surface area contributed by atoms with Crippen molar-refractivity contribution in [1.82, 2.24) is 9.55 Å². The molecular formula is C17H19N2O7P. The summed E-state index contributed by atoms with van der Waals surface area (Å²) in [6, 6.07) is 9.27. The molecule has 0 unspecified atom stereocenters. The van der Waals surface area contributed by atoms with Gasteiger partial charge in [0.15, 0.2) is 0 Å². The lowest BCUT2D eigenvalue weighted by molar-refractivity contribution is -0.0730. The Kier molecular flexibility index (Phi) is 4.88. The third-order valence-electron chi connectivity index (χ3n) is 4.53. The SMILES string of the molecule is Cc1cn([C@@H]2C[C@@H]3O[P@@](=O)(OCc4ccccc4)OC[C@@H]3O2)c(=O)[nH]c1=O. The van der Waals surface area contributed by atoms with Gasteiger partial charge in [-0.25, -0.2) is 9.36 Å². The van der Waals surface area contributed by atoms with E-state index in [9.17, 15) is 14.2 Å². The van der Waals surface area contributed by atoms with Crippen LogP contribution in [0.25, 0.3) is 0 Å². The van der Waals surface area contributed by atoms with Crippen molar-refractivity contribution in [3.63, 3.8) is 0 Å². The molecule has 2 fully saturated rings. The Bertz CT molecular complexity index is 987. The first kappa shape index (κ1) is 18.3. The number of phosphoric ester groups is 1. The molecule has 3 heterocycles. The van der Waals surface area contributed by atoms with Crippen LogP contribution in [0.3, 0.4) is 0 Å². The zero-order valence-electron chi connectivity index (χ0n) is 14.6. The molecular weight excluding hydrogens is 375 g/mol. The van der Waals surface area contributed by atoms with Crippen LogP contribution >= 0.6 is 7.82 Å². The van der Waals surface area contributed by atoms with Crippen molar-refractivity contribution >= 4 is 7.82 Å². The highest BCUT2D eigenvalue weighted by molar-refractivity contribution is 7.48. The van der Waals surface area contributed by atoms with Crippen molar-refractivity contribution in [2.75, 3.05) is 6.61 Å². The predicted octanol–water partition coefficient (Wildman–Crippen LogP) is 1.87. The molecule has 9 nitrogen and oxygen atoms in total. The summed E-state index contributed by atoms with van der Waals surface area (Å²) in [6.07, 6.45) is 0.0708. The Balaban J connectivity index is 1.45. The zero-order chi connectivity index (χ0) is 19.0. The van der Waals surface area contributed by atoms with Crippen LogP contribution < -0.4 is 11.2 Å². The molecule has 4 atom stereocenters. The van der Waals surface area contributed by atoms with Gasteiger partial charge in [-0.3, -0.25) is 27.9 Å². The molecule has 4 rings (SSSR count). The average Bonchev–Trinajstić information content (AvgIpc) is 3.06. The van der Waals surface area contributed by atoms with E-state index in [-0.39, 0.29) is 19.6 Å². The minimum atomic E-state index is -3.72. The van der Waals surface area contributed by atoms with E-state index in [4.69, 9.17) is 18.3 Å². The fourth-order valence-corrected chi connectivity index (χ4v) is 4.48. The van der Waals surface area contributed by atoms with Gasteiger partial charge < -0.3 is 4.74 Å². The zero-order valence-corrected chi connectivity index (χ0v) is 15.5. The summed E-state index contributed by atoms with van der Waals surface area (Å²) in [6.45, 7) is 1.73. The second-order valence-corrected chi connectivity index (χ2v) is 8.11. The molecule has 2 aliphatic heterocycles. The Morgan fingerprint density at radius 2 is 2.04 bits per heavy atom. The number of hydrogen-bond acceptors (Lipinski definition) is 7. The highest BCUT2D eigenvalue weighted by Gasteiger charge is 2.48. The van der Waals surface area contributed by atoms with Gasteiger partial charge >= 0.3 is 13.5 Å². The van der Waals surface area contributed by atoms with Crippen molar-refractivity contribution in [1.29, 1.82) is 0 Å². The van der Waals surface area contributed by atoms with E-state index in [0.29, 0.717) is 5.56 Å². The van der Waals surface area contributed by atoms with Gasteiger partial charge in [0.2, 0.25) is 0 Å². The van der Waals surface area contributed by atoms with E-state index in [2.05, 4.69) is 4.98 Å². The molecule has 2 saturated heterocycles. The van der Waals surface area contributed by atoms with Gasteiger partial charge in [-0.2, -0.15) is 0 Å². The molecule has 0 bridgehead atoms. The summed E-state index contributed by atoms with van der Waals surface area (Å²) in [4.78, 5) is 25.8. The van der Waals surface area contributed by atoms with Gasteiger partial charge in [0.25, 0.3) is 5.56 Å². The van der Waals surface area contributed by atoms with Gasteiger partial charge in [0, 0.05) is 18.2 Å². The minimum absolute atomic E-state index is 0.0321. The average molecular weight is 394 g/mol.